The molecule has 0 saturated heterocycles. The van der Waals surface area contributed by atoms with Crippen LogP contribution < -0.4 is 10.7 Å². The van der Waals surface area contributed by atoms with Crippen LogP contribution in [0.15, 0.2) is 83.9 Å². The van der Waals surface area contributed by atoms with Gasteiger partial charge in [0.25, 0.3) is 0 Å². The van der Waals surface area contributed by atoms with E-state index in [0.717, 1.165) is 28.0 Å². The van der Waals surface area contributed by atoms with Gasteiger partial charge in [0.15, 0.2) is 0 Å². The van der Waals surface area contributed by atoms with Crippen molar-refractivity contribution in [3.63, 3.8) is 0 Å². The Morgan fingerprint density at radius 1 is 0.909 bits per heavy atom. The molecule has 164 valence electrons. The molecule has 0 unspecified atom stereocenters. The standard InChI is InChI=1S/C26H20F2N4O/c1-32-25-11-2-16(15-33)12-23(25)31-24-13-21(29-19-7-3-17(27)4-8-19)22(14-26(24)32)30-20-9-5-18(28)6-10-20/h2-14,29,33H,15H2,1H3. The number of benzene rings is 4. The molecule has 7 heteroatoms. The highest BCUT2D eigenvalue weighted by molar-refractivity contribution is 5.82. The van der Waals surface area contributed by atoms with Crippen molar-refractivity contribution in [1.82, 2.24) is 9.55 Å². The van der Waals surface area contributed by atoms with Gasteiger partial charge in [-0.3, -0.25) is 0 Å². The molecular weight excluding hydrogens is 422 g/mol. The lowest BCUT2D eigenvalue weighted by Crippen LogP contribution is -2.14. The number of hydrogen-bond donors (Lipinski definition) is 2. The van der Waals surface area contributed by atoms with E-state index in [0.29, 0.717) is 22.4 Å². The summed E-state index contributed by atoms with van der Waals surface area (Å²) in [5.41, 5.74) is 5.98. The number of aliphatic hydroxyl groups is 1. The maximum Gasteiger partial charge on any atom is 0.123 e. The number of nitrogens with one attached hydrogen (secondary N) is 1. The summed E-state index contributed by atoms with van der Waals surface area (Å²) in [4.78, 5) is 9.52. The highest BCUT2D eigenvalue weighted by atomic mass is 19.1. The number of hydrogen-bond acceptors (Lipinski definition) is 4. The van der Waals surface area contributed by atoms with E-state index in [9.17, 15) is 13.9 Å². The number of fused-ring (bicyclic) bond motifs is 2. The van der Waals surface area contributed by atoms with Crippen LogP contribution in [0, 0.1) is 11.6 Å². The average Bonchev–Trinajstić information content (AvgIpc) is 2.82. The summed E-state index contributed by atoms with van der Waals surface area (Å²) < 4.78 is 28.8. The van der Waals surface area contributed by atoms with E-state index in [1.807, 2.05) is 41.9 Å². The van der Waals surface area contributed by atoms with E-state index in [2.05, 4.69) is 5.32 Å². The van der Waals surface area contributed by atoms with Crippen molar-refractivity contribution < 1.29 is 13.9 Å². The fourth-order valence-electron chi connectivity index (χ4n) is 3.76. The summed E-state index contributed by atoms with van der Waals surface area (Å²) in [6, 6.07) is 21.4. The Bertz CT molecular complexity index is 1490. The zero-order valence-corrected chi connectivity index (χ0v) is 17.8. The first-order valence-electron chi connectivity index (χ1n) is 10.4. The second kappa shape index (κ2) is 8.44. The average molecular weight is 442 g/mol. The van der Waals surface area contributed by atoms with Gasteiger partial charge >= 0.3 is 0 Å². The lowest BCUT2D eigenvalue weighted by atomic mass is 10.1. The molecule has 1 heterocycles. The highest BCUT2D eigenvalue weighted by Gasteiger charge is 2.14. The lowest BCUT2D eigenvalue weighted by Gasteiger charge is -2.17. The predicted molar refractivity (Wildman–Crippen MR) is 125 cm³/mol. The Balaban J connectivity index is 1.74. The van der Waals surface area contributed by atoms with Gasteiger partial charge in [-0.05, 0) is 78.4 Å². The first-order chi connectivity index (χ1) is 16.0. The Labute approximate surface area is 188 Å². The first kappa shape index (κ1) is 20.8. The van der Waals surface area contributed by atoms with Crippen LogP contribution in [0.25, 0.3) is 22.4 Å². The topological polar surface area (TPSA) is 62.4 Å². The van der Waals surface area contributed by atoms with Gasteiger partial charge in [0.1, 0.15) is 11.6 Å². The molecule has 0 aromatic heterocycles. The molecule has 0 radical (unpaired) electrons. The lowest BCUT2D eigenvalue weighted by molar-refractivity contribution is 0.282. The Morgan fingerprint density at radius 3 is 2.30 bits per heavy atom. The fourth-order valence-corrected chi connectivity index (χ4v) is 3.76. The fraction of sp³-hybridized carbons (Fsp3) is 0.0769. The van der Waals surface area contributed by atoms with Gasteiger partial charge in [0.2, 0.25) is 0 Å². The summed E-state index contributed by atoms with van der Waals surface area (Å²) in [5, 5.41) is 13.4. The Hall–Kier alpha value is -4.10. The van der Waals surface area contributed by atoms with Crippen molar-refractivity contribution in [2.75, 3.05) is 5.32 Å². The van der Waals surface area contributed by atoms with E-state index in [4.69, 9.17) is 9.98 Å². The molecule has 0 spiro atoms. The zero-order valence-electron chi connectivity index (χ0n) is 17.8. The molecule has 0 fully saturated rings. The Kier molecular flexibility index (Phi) is 5.32. The van der Waals surface area contributed by atoms with E-state index >= 15 is 0 Å². The molecule has 3 aromatic rings. The summed E-state index contributed by atoms with van der Waals surface area (Å²) >= 11 is 0. The number of halogens is 2. The van der Waals surface area contributed by atoms with Gasteiger partial charge in [0.05, 0.1) is 45.8 Å². The smallest absolute Gasteiger partial charge is 0.123 e. The number of rotatable bonds is 4. The summed E-state index contributed by atoms with van der Waals surface area (Å²) in [7, 11) is 1.94. The van der Waals surface area contributed by atoms with Crippen molar-refractivity contribution in [3.05, 3.63) is 101 Å². The molecule has 5 rings (SSSR count). The second-order valence-corrected chi connectivity index (χ2v) is 7.73. The summed E-state index contributed by atoms with van der Waals surface area (Å²) in [6.07, 6.45) is 0. The maximum atomic E-state index is 13.4. The molecular formula is C26H20F2N4O. The molecule has 2 N–H and O–H groups in total. The van der Waals surface area contributed by atoms with Crippen molar-refractivity contribution in [3.8, 4) is 11.4 Å². The number of aromatic nitrogens is 2. The minimum atomic E-state index is -0.332. The van der Waals surface area contributed by atoms with Crippen LogP contribution in [0.3, 0.4) is 0 Å². The van der Waals surface area contributed by atoms with Crippen LogP contribution in [-0.4, -0.2) is 14.7 Å². The van der Waals surface area contributed by atoms with Crippen molar-refractivity contribution >= 4 is 28.1 Å². The van der Waals surface area contributed by atoms with Gasteiger partial charge in [-0.15, -0.1) is 0 Å². The number of aryl methyl sites for hydroxylation is 1. The molecule has 2 aliphatic rings. The second-order valence-electron chi connectivity index (χ2n) is 7.73. The summed E-state index contributed by atoms with van der Waals surface area (Å²) in [5.74, 6) is -0.656. The largest absolute Gasteiger partial charge is 0.392 e. The van der Waals surface area contributed by atoms with Crippen LogP contribution >= 0.6 is 0 Å². The van der Waals surface area contributed by atoms with E-state index in [-0.39, 0.29) is 18.2 Å². The van der Waals surface area contributed by atoms with E-state index in [1.54, 1.807) is 24.3 Å². The Morgan fingerprint density at radius 2 is 1.61 bits per heavy atom. The van der Waals surface area contributed by atoms with E-state index in [1.165, 1.54) is 24.3 Å². The molecule has 1 aliphatic carbocycles. The number of aliphatic hydroxyl groups excluding tert-OH is 1. The predicted octanol–water partition coefficient (Wildman–Crippen LogP) is 5.42. The zero-order chi connectivity index (χ0) is 22.9. The van der Waals surface area contributed by atoms with Gasteiger partial charge < -0.3 is 15.0 Å². The third-order valence-electron chi connectivity index (χ3n) is 5.48. The van der Waals surface area contributed by atoms with Crippen molar-refractivity contribution in [2.45, 2.75) is 6.61 Å². The van der Waals surface area contributed by atoms with E-state index < -0.39 is 0 Å². The van der Waals surface area contributed by atoms with Crippen LogP contribution in [0.4, 0.5) is 25.8 Å². The van der Waals surface area contributed by atoms with Crippen LogP contribution in [0.5, 0.6) is 0 Å². The molecule has 0 atom stereocenters. The maximum absolute atomic E-state index is 13.4. The van der Waals surface area contributed by atoms with Gasteiger partial charge in [-0.2, -0.15) is 0 Å². The normalized spacial score (nSPS) is 11.9. The third kappa shape index (κ3) is 4.18. The van der Waals surface area contributed by atoms with Gasteiger partial charge in [-0.25, -0.2) is 18.8 Å². The molecule has 0 saturated carbocycles. The van der Waals surface area contributed by atoms with Crippen molar-refractivity contribution in [1.29, 1.82) is 0 Å². The van der Waals surface area contributed by atoms with Crippen LogP contribution in [-0.2, 0) is 13.7 Å². The SMILES string of the molecule is Cn1c2cc(=Nc3ccc(F)cc3)c(Nc3ccc(F)cc3)cc-2nc2cc(CO)ccc21. The van der Waals surface area contributed by atoms with Gasteiger partial charge in [0, 0.05) is 12.7 Å². The van der Waals surface area contributed by atoms with Gasteiger partial charge in [-0.1, -0.05) is 6.07 Å². The molecule has 5 nitrogen and oxygen atoms in total. The molecule has 0 amide bonds. The monoisotopic (exact) mass is 442 g/mol. The first-order valence-corrected chi connectivity index (χ1v) is 10.4. The van der Waals surface area contributed by atoms with Crippen LogP contribution in [0.2, 0.25) is 0 Å². The molecule has 33 heavy (non-hydrogen) atoms. The molecule has 3 aromatic carbocycles. The molecule has 0 bridgehead atoms. The number of nitrogens with zero attached hydrogens (tertiary/aromatic N) is 3. The molecule has 1 aliphatic heterocycles. The number of anilines is 2. The minimum Gasteiger partial charge on any atom is -0.392 e. The quantitative estimate of drug-likeness (QED) is 0.365. The van der Waals surface area contributed by atoms with Crippen LogP contribution in [0.1, 0.15) is 5.56 Å². The third-order valence-corrected chi connectivity index (χ3v) is 5.48. The van der Waals surface area contributed by atoms with Crippen molar-refractivity contribution in [2.24, 2.45) is 12.0 Å². The highest BCUT2D eigenvalue weighted by Crippen LogP contribution is 2.27. The minimum absolute atomic E-state index is 0.0633. The summed E-state index contributed by atoms with van der Waals surface area (Å²) in [6.45, 7) is -0.0633.